The molecule has 0 radical (unpaired) electrons. The molecule has 1 aliphatic heterocycles. The number of likely N-dealkylation sites (N-methyl/N-ethyl adjacent to an activating group) is 1. The van der Waals surface area contributed by atoms with Gasteiger partial charge in [-0.25, -0.2) is 0 Å². The van der Waals surface area contributed by atoms with E-state index >= 15 is 0 Å². The molecule has 1 fully saturated rings. The zero-order valence-electron chi connectivity index (χ0n) is 10.9. The fourth-order valence-electron chi connectivity index (χ4n) is 1.91. The lowest BCUT2D eigenvalue weighted by Gasteiger charge is -2.25. The molecule has 17 heavy (non-hydrogen) atoms. The van der Waals surface area contributed by atoms with Crippen molar-refractivity contribution >= 4 is 17.7 Å². The molecule has 1 atom stereocenters. The Hall–Kier alpha value is -1.39. The molecule has 0 unspecified atom stereocenters. The summed E-state index contributed by atoms with van der Waals surface area (Å²) in [7, 11) is 0. The van der Waals surface area contributed by atoms with E-state index < -0.39 is 5.41 Å². The molecule has 1 N–H and O–H groups in total. The van der Waals surface area contributed by atoms with E-state index in [0.717, 1.165) is 4.90 Å². The number of imide groups is 1. The number of likely N-dealkylation sites (tertiary alicyclic amines) is 1. The standard InChI is InChI=1S/C12H20N2O3/c1-5-13-9(15)7-14-10(16)6-12(4,8(2)3)11(14)17/h8H,5-7H2,1-4H3,(H,13,15)/t12-/m0/s1. The van der Waals surface area contributed by atoms with Crippen molar-refractivity contribution in [3.8, 4) is 0 Å². The van der Waals surface area contributed by atoms with Crippen LogP contribution in [0, 0.1) is 11.3 Å². The molecule has 5 heteroatoms. The van der Waals surface area contributed by atoms with Gasteiger partial charge >= 0.3 is 0 Å². The second-order valence-corrected chi connectivity index (χ2v) is 4.99. The van der Waals surface area contributed by atoms with Gasteiger partial charge in [0.1, 0.15) is 6.54 Å². The Morgan fingerprint density at radius 1 is 1.47 bits per heavy atom. The molecule has 1 aliphatic rings. The Labute approximate surface area is 102 Å². The molecule has 0 saturated carbocycles. The number of amides is 3. The van der Waals surface area contributed by atoms with Crippen molar-refractivity contribution in [1.82, 2.24) is 10.2 Å². The van der Waals surface area contributed by atoms with Crippen molar-refractivity contribution in [2.45, 2.75) is 34.1 Å². The molecule has 3 amide bonds. The first kappa shape index (κ1) is 13.7. The maximum Gasteiger partial charge on any atom is 0.240 e. The number of carbonyl (C=O) groups excluding carboxylic acids is 3. The zero-order valence-corrected chi connectivity index (χ0v) is 10.9. The summed E-state index contributed by atoms with van der Waals surface area (Å²) < 4.78 is 0. The molecule has 0 aromatic heterocycles. The van der Waals surface area contributed by atoms with Crippen LogP contribution in [0.1, 0.15) is 34.1 Å². The van der Waals surface area contributed by atoms with Crippen molar-refractivity contribution < 1.29 is 14.4 Å². The first-order chi connectivity index (χ1) is 7.82. The molecular weight excluding hydrogens is 220 g/mol. The van der Waals surface area contributed by atoms with Gasteiger partial charge in [-0.2, -0.15) is 0 Å². The quantitative estimate of drug-likeness (QED) is 0.729. The van der Waals surface area contributed by atoms with E-state index in [1.165, 1.54) is 0 Å². The summed E-state index contributed by atoms with van der Waals surface area (Å²) >= 11 is 0. The minimum Gasteiger partial charge on any atom is -0.355 e. The fraction of sp³-hybridized carbons (Fsp3) is 0.750. The van der Waals surface area contributed by atoms with Crippen molar-refractivity contribution in [2.24, 2.45) is 11.3 Å². The molecule has 0 spiro atoms. The number of hydrogen-bond acceptors (Lipinski definition) is 3. The average molecular weight is 240 g/mol. The highest BCUT2D eigenvalue weighted by Crippen LogP contribution is 2.38. The SMILES string of the molecule is CCNC(=O)CN1C(=O)C[C@@](C)(C(C)C)C1=O. The first-order valence-electron chi connectivity index (χ1n) is 5.94. The van der Waals surface area contributed by atoms with Gasteiger partial charge in [0.05, 0.1) is 5.41 Å². The minimum atomic E-state index is -0.663. The maximum absolute atomic E-state index is 12.1. The molecule has 0 bridgehead atoms. The van der Waals surface area contributed by atoms with E-state index in [4.69, 9.17) is 0 Å². The normalized spacial score (nSPS) is 24.6. The van der Waals surface area contributed by atoms with E-state index in [9.17, 15) is 14.4 Å². The highest BCUT2D eigenvalue weighted by Gasteiger charge is 2.50. The molecule has 1 rings (SSSR count). The summed E-state index contributed by atoms with van der Waals surface area (Å²) in [5, 5.41) is 2.59. The van der Waals surface area contributed by atoms with Crippen LogP contribution >= 0.6 is 0 Å². The van der Waals surface area contributed by atoms with Gasteiger partial charge in [0.15, 0.2) is 0 Å². The molecule has 0 aliphatic carbocycles. The molecule has 1 saturated heterocycles. The summed E-state index contributed by atoms with van der Waals surface area (Å²) in [5.41, 5.74) is -0.663. The van der Waals surface area contributed by atoms with Gasteiger partial charge in [-0.05, 0) is 19.8 Å². The summed E-state index contributed by atoms with van der Waals surface area (Å²) in [6.07, 6.45) is 0.197. The highest BCUT2D eigenvalue weighted by molar-refractivity contribution is 6.07. The van der Waals surface area contributed by atoms with Crippen molar-refractivity contribution in [2.75, 3.05) is 13.1 Å². The van der Waals surface area contributed by atoms with Gasteiger partial charge < -0.3 is 5.32 Å². The first-order valence-corrected chi connectivity index (χ1v) is 5.94. The molecule has 96 valence electrons. The largest absolute Gasteiger partial charge is 0.355 e. The second-order valence-electron chi connectivity index (χ2n) is 4.99. The predicted octanol–water partition coefficient (Wildman–Crippen LogP) is 0.544. The van der Waals surface area contributed by atoms with E-state index in [1.807, 2.05) is 13.8 Å². The van der Waals surface area contributed by atoms with Gasteiger partial charge in [0.2, 0.25) is 17.7 Å². The summed E-state index contributed by atoms with van der Waals surface area (Å²) in [6, 6.07) is 0. The van der Waals surface area contributed by atoms with E-state index in [1.54, 1.807) is 13.8 Å². The average Bonchev–Trinajstić information content (AvgIpc) is 2.44. The number of nitrogens with one attached hydrogen (secondary N) is 1. The Morgan fingerprint density at radius 3 is 2.47 bits per heavy atom. The van der Waals surface area contributed by atoms with Crippen LogP contribution in [0.15, 0.2) is 0 Å². The maximum atomic E-state index is 12.1. The van der Waals surface area contributed by atoms with Crippen molar-refractivity contribution in [3.05, 3.63) is 0 Å². The van der Waals surface area contributed by atoms with Gasteiger partial charge in [-0.1, -0.05) is 13.8 Å². The Balaban J connectivity index is 2.80. The third kappa shape index (κ3) is 2.48. The lowest BCUT2D eigenvalue weighted by Crippen LogP contribution is -2.43. The van der Waals surface area contributed by atoms with Crippen LogP contribution < -0.4 is 5.32 Å². The van der Waals surface area contributed by atoms with Crippen molar-refractivity contribution in [3.63, 3.8) is 0 Å². The van der Waals surface area contributed by atoms with Gasteiger partial charge in [-0.15, -0.1) is 0 Å². The third-order valence-corrected chi connectivity index (χ3v) is 3.50. The van der Waals surface area contributed by atoms with Crippen LogP contribution in [0.25, 0.3) is 0 Å². The highest BCUT2D eigenvalue weighted by atomic mass is 16.2. The van der Waals surface area contributed by atoms with Crippen LogP contribution in [0.3, 0.4) is 0 Å². The summed E-state index contributed by atoms with van der Waals surface area (Å²) in [5.74, 6) is -0.693. The second kappa shape index (κ2) is 4.85. The van der Waals surface area contributed by atoms with Gasteiger partial charge in [0.25, 0.3) is 0 Å². The number of nitrogens with zero attached hydrogens (tertiary/aromatic N) is 1. The summed E-state index contributed by atoms with van der Waals surface area (Å²) in [6.45, 7) is 7.76. The van der Waals surface area contributed by atoms with Crippen LogP contribution in [0.5, 0.6) is 0 Å². The molecule has 0 aromatic carbocycles. The molecule has 5 nitrogen and oxygen atoms in total. The lowest BCUT2D eigenvalue weighted by molar-refractivity contribution is -0.145. The smallest absolute Gasteiger partial charge is 0.240 e. The molecule has 0 aromatic rings. The van der Waals surface area contributed by atoms with E-state index in [2.05, 4.69) is 5.32 Å². The van der Waals surface area contributed by atoms with Crippen molar-refractivity contribution in [1.29, 1.82) is 0 Å². The van der Waals surface area contributed by atoms with Crippen LogP contribution in [-0.4, -0.2) is 35.7 Å². The predicted molar refractivity (Wildman–Crippen MR) is 63.0 cm³/mol. The fourth-order valence-corrected chi connectivity index (χ4v) is 1.91. The Morgan fingerprint density at radius 2 is 2.06 bits per heavy atom. The third-order valence-electron chi connectivity index (χ3n) is 3.50. The monoisotopic (exact) mass is 240 g/mol. The Bertz CT molecular complexity index is 352. The number of carbonyl (C=O) groups is 3. The van der Waals surface area contributed by atoms with E-state index in [-0.39, 0.29) is 36.6 Å². The molecular formula is C12H20N2O3. The van der Waals surface area contributed by atoms with Crippen LogP contribution in [0.4, 0.5) is 0 Å². The lowest BCUT2D eigenvalue weighted by atomic mass is 9.78. The molecule has 1 heterocycles. The van der Waals surface area contributed by atoms with Gasteiger partial charge in [-0.3, -0.25) is 19.3 Å². The Kier molecular flexibility index (Phi) is 3.91. The minimum absolute atomic E-state index is 0.0817. The number of hydrogen-bond donors (Lipinski definition) is 1. The van der Waals surface area contributed by atoms with Crippen LogP contribution in [0.2, 0.25) is 0 Å². The van der Waals surface area contributed by atoms with E-state index in [0.29, 0.717) is 6.54 Å². The van der Waals surface area contributed by atoms with Gasteiger partial charge in [0, 0.05) is 13.0 Å². The zero-order chi connectivity index (χ0) is 13.2. The number of rotatable bonds is 4. The summed E-state index contributed by atoms with van der Waals surface area (Å²) in [4.78, 5) is 36.4. The topological polar surface area (TPSA) is 66.5 Å². The van der Waals surface area contributed by atoms with Crippen LogP contribution in [-0.2, 0) is 14.4 Å².